The first-order valence-electron chi connectivity index (χ1n) is 10.9. The Hall–Kier alpha value is -3.31. The first kappa shape index (κ1) is 20.9. The van der Waals surface area contributed by atoms with Crippen LogP contribution in [0.3, 0.4) is 0 Å². The van der Waals surface area contributed by atoms with E-state index in [2.05, 4.69) is 29.2 Å². The van der Waals surface area contributed by atoms with Crippen molar-refractivity contribution >= 4 is 11.6 Å². The molecular formula is C26H30N3O2+. The molecule has 1 saturated heterocycles. The summed E-state index contributed by atoms with van der Waals surface area (Å²) in [6.07, 6.45) is 0. The molecule has 0 unspecified atom stereocenters. The van der Waals surface area contributed by atoms with E-state index in [4.69, 9.17) is 0 Å². The van der Waals surface area contributed by atoms with Crippen molar-refractivity contribution in [3.63, 3.8) is 0 Å². The van der Waals surface area contributed by atoms with E-state index in [0.29, 0.717) is 25.4 Å². The van der Waals surface area contributed by atoms with E-state index in [-0.39, 0.29) is 5.91 Å². The van der Waals surface area contributed by atoms with E-state index in [0.717, 1.165) is 43.0 Å². The molecule has 0 atom stereocenters. The van der Waals surface area contributed by atoms with Gasteiger partial charge in [-0.15, -0.1) is 0 Å². The molecule has 3 aromatic rings. The molecule has 0 aliphatic carbocycles. The molecular weight excluding hydrogens is 386 g/mol. The third-order valence-corrected chi connectivity index (χ3v) is 5.88. The number of hydrogen-bond donors (Lipinski definition) is 2. The van der Waals surface area contributed by atoms with E-state index in [1.54, 1.807) is 6.07 Å². The van der Waals surface area contributed by atoms with Crippen LogP contribution < -0.4 is 9.80 Å². The highest BCUT2D eigenvalue weighted by molar-refractivity contribution is 5.77. The molecule has 1 fully saturated rings. The fourth-order valence-corrected chi connectivity index (χ4v) is 4.14. The van der Waals surface area contributed by atoms with Crippen molar-refractivity contribution in [1.29, 1.82) is 0 Å². The molecule has 5 heteroatoms. The molecule has 0 aromatic heterocycles. The van der Waals surface area contributed by atoms with Crippen molar-refractivity contribution in [1.82, 2.24) is 4.90 Å². The van der Waals surface area contributed by atoms with Crippen LogP contribution >= 0.6 is 0 Å². The van der Waals surface area contributed by atoms with Crippen LogP contribution in [0.5, 0.6) is 5.75 Å². The number of phenolic OH excluding ortho intramolecular Hbond substituents is 1. The Bertz CT molecular complexity index is 929. The van der Waals surface area contributed by atoms with Gasteiger partial charge in [0.1, 0.15) is 5.75 Å². The van der Waals surface area contributed by atoms with E-state index in [1.807, 2.05) is 59.5 Å². The van der Waals surface area contributed by atoms with Crippen LogP contribution in [0.1, 0.15) is 11.1 Å². The quantitative estimate of drug-likeness (QED) is 0.622. The highest BCUT2D eigenvalue weighted by Crippen LogP contribution is 2.26. The summed E-state index contributed by atoms with van der Waals surface area (Å²) in [6, 6.07) is 27.8. The Kier molecular flexibility index (Phi) is 6.85. The number of rotatable bonds is 7. The molecule has 160 valence electrons. The van der Waals surface area contributed by atoms with Gasteiger partial charge in [-0.05, 0) is 23.3 Å². The lowest BCUT2D eigenvalue weighted by Gasteiger charge is -2.34. The zero-order valence-electron chi connectivity index (χ0n) is 17.8. The standard InChI is InChI=1S/C26H29N3O2/c30-25-14-8-7-13-24(25)28-17-15-27(16-18-28)21-26(31)29(19-22-9-3-1-4-10-22)20-23-11-5-2-6-12-23/h1-14,30H,15-21H2/p+1. The topological polar surface area (TPSA) is 48.2 Å². The fourth-order valence-electron chi connectivity index (χ4n) is 4.14. The number of amides is 1. The second-order valence-electron chi connectivity index (χ2n) is 8.12. The second kappa shape index (κ2) is 10.1. The minimum atomic E-state index is 0.179. The largest absolute Gasteiger partial charge is 0.506 e. The van der Waals surface area contributed by atoms with Crippen molar-refractivity contribution in [2.75, 3.05) is 37.6 Å². The van der Waals surface area contributed by atoms with Crippen LogP contribution in [0.15, 0.2) is 84.9 Å². The van der Waals surface area contributed by atoms with Gasteiger partial charge in [0, 0.05) is 13.1 Å². The van der Waals surface area contributed by atoms with Crippen molar-refractivity contribution in [3.8, 4) is 5.75 Å². The molecule has 2 N–H and O–H groups in total. The zero-order chi connectivity index (χ0) is 21.5. The van der Waals surface area contributed by atoms with Gasteiger partial charge in [-0.3, -0.25) is 4.79 Å². The van der Waals surface area contributed by atoms with Crippen LogP contribution in [0.2, 0.25) is 0 Å². The molecule has 4 rings (SSSR count). The third kappa shape index (κ3) is 5.64. The van der Waals surface area contributed by atoms with Gasteiger partial charge in [-0.25, -0.2) is 0 Å². The first-order valence-corrected chi connectivity index (χ1v) is 10.9. The highest BCUT2D eigenvalue weighted by Gasteiger charge is 2.26. The van der Waals surface area contributed by atoms with Gasteiger partial charge in [0.15, 0.2) is 6.54 Å². The van der Waals surface area contributed by atoms with Crippen molar-refractivity contribution in [2.24, 2.45) is 0 Å². The molecule has 31 heavy (non-hydrogen) atoms. The summed E-state index contributed by atoms with van der Waals surface area (Å²) in [4.78, 5) is 18.7. The molecule has 1 heterocycles. The van der Waals surface area contributed by atoms with E-state index < -0.39 is 0 Å². The number of benzene rings is 3. The number of carbonyl (C=O) groups excluding carboxylic acids is 1. The van der Waals surface area contributed by atoms with E-state index >= 15 is 0 Å². The van der Waals surface area contributed by atoms with Gasteiger partial charge in [0.05, 0.1) is 31.9 Å². The summed E-state index contributed by atoms with van der Waals surface area (Å²) >= 11 is 0. The van der Waals surface area contributed by atoms with Gasteiger partial charge in [0.25, 0.3) is 5.91 Å². The van der Waals surface area contributed by atoms with Crippen molar-refractivity contribution in [3.05, 3.63) is 96.1 Å². The third-order valence-electron chi connectivity index (χ3n) is 5.88. The first-order chi connectivity index (χ1) is 15.2. The number of carbonyl (C=O) groups is 1. The lowest BCUT2D eigenvalue weighted by molar-refractivity contribution is -0.892. The summed E-state index contributed by atoms with van der Waals surface area (Å²) in [5, 5.41) is 10.1. The Morgan fingerprint density at radius 3 is 1.87 bits per heavy atom. The maximum Gasteiger partial charge on any atom is 0.278 e. The monoisotopic (exact) mass is 416 g/mol. The molecule has 0 bridgehead atoms. The van der Waals surface area contributed by atoms with Gasteiger partial charge in [-0.1, -0.05) is 72.8 Å². The molecule has 3 aromatic carbocycles. The van der Waals surface area contributed by atoms with E-state index in [9.17, 15) is 9.90 Å². The SMILES string of the molecule is O=C(C[NH+]1CCN(c2ccccc2O)CC1)N(Cc1ccccc1)Cc1ccccc1. The number of piperazine rings is 1. The molecule has 5 nitrogen and oxygen atoms in total. The summed E-state index contributed by atoms with van der Waals surface area (Å²) in [6.45, 7) is 5.15. The van der Waals surface area contributed by atoms with Gasteiger partial charge >= 0.3 is 0 Å². The maximum absolute atomic E-state index is 13.3. The van der Waals surface area contributed by atoms with Crippen LogP contribution in [-0.4, -0.2) is 48.6 Å². The minimum absolute atomic E-state index is 0.179. The minimum Gasteiger partial charge on any atom is -0.506 e. The van der Waals surface area contributed by atoms with Crippen molar-refractivity contribution < 1.29 is 14.8 Å². The summed E-state index contributed by atoms with van der Waals surface area (Å²) < 4.78 is 0. The van der Waals surface area contributed by atoms with Gasteiger partial charge in [0.2, 0.25) is 0 Å². The van der Waals surface area contributed by atoms with Crippen molar-refractivity contribution in [2.45, 2.75) is 13.1 Å². The normalized spacial score (nSPS) is 14.4. The number of phenols is 1. The molecule has 1 amide bonds. The average Bonchev–Trinajstić information content (AvgIpc) is 2.81. The molecule has 0 spiro atoms. The lowest BCUT2D eigenvalue weighted by atomic mass is 10.1. The number of nitrogens with zero attached hydrogens (tertiary/aromatic N) is 2. The molecule has 1 aliphatic rings. The van der Waals surface area contributed by atoms with Crippen LogP contribution in [-0.2, 0) is 17.9 Å². The highest BCUT2D eigenvalue weighted by atomic mass is 16.3. The molecule has 0 radical (unpaired) electrons. The second-order valence-corrected chi connectivity index (χ2v) is 8.12. The fraction of sp³-hybridized carbons (Fsp3) is 0.269. The summed E-state index contributed by atoms with van der Waals surface area (Å²) in [5.41, 5.74) is 3.17. The number of anilines is 1. The molecule has 1 aliphatic heterocycles. The predicted molar refractivity (Wildman–Crippen MR) is 123 cm³/mol. The predicted octanol–water partition coefficient (Wildman–Crippen LogP) is 2.33. The van der Waals surface area contributed by atoms with E-state index in [1.165, 1.54) is 4.90 Å². The molecule has 0 saturated carbocycles. The number of nitrogens with one attached hydrogen (secondary N) is 1. The Morgan fingerprint density at radius 2 is 1.32 bits per heavy atom. The summed E-state index contributed by atoms with van der Waals surface area (Å²) in [7, 11) is 0. The van der Waals surface area contributed by atoms with Gasteiger partial charge < -0.3 is 19.8 Å². The summed E-state index contributed by atoms with van der Waals surface area (Å²) in [5.74, 6) is 0.498. The zero-order valence-corrected chi connectivity index (χ0v) is 17.8. The number of quaternary nitrogens is 1. The Balaban J connectivity index is 1.38. The average molecular weight is 417 g/mol. The smallest absolute Gasteiger partial charge is 0.278 e. The Morgan fingerprint density at radius 1 is 0.806 bits per heavy atom. The lowest BCUT2D eigenvalue weighted by Crippen LogP contribution is -3.15. The van der Waals surface area contributed by atoms with Crippen LogP contribution in [0.25, 0.3) is 0 Å². The number of aromatic hydroxyl groups is 1. The number of para-hydroxylation sites is 2. The van der Waals surface area contributed by atoms with Crippen LogP contribution in [0.4, 0.5) is 5.69 Å². The van der Waals surface area contributed by atoms with Gasteiger partial charge in [-0.2, -0.15) is 0 Å². The number of hydrogen-bond acceptors (Lipinski definition) is 3. The maximum atomic E-state index is 13.3. The Labute approximate surface area is 184 Å². The van der Waals surface area contributed by atoms with Crippen LogP contribution in [0, 0.1) is 0 Å².